The lowest BCUT2D eigenvalue weighted by molar-refractivity contribution is 0.378. The molecule has 0 amide bonds. The second-order valence-corrected chi connectivity index (χ2v) is 5.79. The number of guanidine groups is 1. The number of hydrogen-bond donors (Lipinski definition) is 1. The van der Waals surface area contributed by atoms with Crippen LogP contribution >= 0.6 is 11.6 Å². The van der Waals surface area contributed by atoms with Gasteiger partial charge < -0.3 is 20.1 Å². The highest BCUT2D eigenvalue weighted by molar-refractivity contribution is 6.30. The number of aromatic nitrogens is 2. The molecule has 7 nitrogen and oxygen atoms in total. The molecular weight excluding hydrogens is 316 g/mol. The largest absolute Gasteiger partial charge is 0.370 e. The lowest BCUT2D eigenvalue weighted by atomic mass is 10.2. The quantitative estimate of drug-likeness (QED) is 0.679. The van der Waals surface area contributed by atoms with Crippen LogP contribution in [0.1, 0.15) is 11.7 Å². The van der Waals surface area contributed by atoms with Crippen LogP contribution in [-0.2, 0) is 6.54 Å². The number of hydrogen-bond acceptors (Lipinski definition) is 5. The Bertz CT molecular complexity index is 676. The highest BCUT2D eigenvalue weighted by Gasteiger charge is 2.18. The molecule has 8 heteroatoms. The third-order valence-corrected chi connectivity index (χ3v) is 4.00. The van der Waals surface area contributed by atoms with Crippen molar-refractivity contribution < 1.29 is 4.52 Å². The molecule has 2 heterocycles. The summed E-state index contributed by atoms with van der Waals surface area (Å²) in [5.74, 6) is 1.60. The second kappa shape index (κ2) is 6.87. The molecule has 2 N–H and O–H groups in total. The standard InChI is InChI=1S/C15H19ClN6O/c1-11-19-14(20-23-11)10-18-15(17)22-8-6-21(7-9-22)13-4-2-12(16)3-5-13/h2-5H,6-10H2,1H3,(H2,17,18). The zero-order valence-electron chi connectivity index (χ0n) is 12.9. The molecule has 1 saturated heterocycles. The van der Waals surface area contributed by atoms with Crippen LogP contribution in [0.25, 0.3) is 0 Å². The molecule has 0 spiro atoms. The molecule has 1 fully saturated rings. The molecule has 0 aliphatic carbocycles. The first kappa shape index (κ1) is 15.6. The van der Waals surface area contributed by atoms with Crippen LogP contribution in [0.5, 0.6) is 0 Å². The molecule has 1 aliphatic rings. The summed E-state index contributed by atoms with van der Waals surface area (Å²) in [6.07, 6.45) is 0. The van der Waals surface area contributed by atoms with E-state index in [9.17, 15) is 0 Å². The maximum Gasteiger partial charge on any atom is 0.223 e. The maximum atomic E-state index is 6.06. The summed E-state index contributed by atoms with van der Waals surface area (Å²) in [5, 5.41) is 4.56. The van der Waals surface area contributed by atoms with Crippen molar-refractivity contribution in [1.82, 2.24) is 15.0 Å². The average molecular weight is 335 g/mol. The van der Waals surface area contributed by atoms with E-state index in [-0.39, 0.29) is 0 Å². The molecule has 23 heavy (non-hydrogen) atoms. The number of anilines is 1. The Morgan fingerprint density at radius 1 is 1.26 bits per heavy atom. The summed E-state index contributed by atoms with van der Waals surface area (Å²) in [4.78, 5) is 12.8. The summed E-state index contributed by atoms with van der Waals surface area (Å²) in [6.45, 7) is 5.50. The van der Waals surface area contributed by atoms with Gasteiger partial charge in [0, 0.05) is 43.8 Å². The van der Waals surface area contributed by atoms with E-state index in [1.165, 1.54) is 5.69 Å². The highest BCUT2D eigenvalue weighted by atomic mass is 35.5. The Morgan fingerprint density at radius 2 is 1.96 bits per heavy atom. The first-order valence-electron chi connectivity index (χ1n) is 7.46. The summed E-state index contributed by atoms with van der Waals surface area (Å²) in [7, 11) is 0. The third kappa shape index (κ3) is 3.92. The van der Waals surface area contributed by atoms with Gasteiger partial charge in [-0.25, -0.2) is 4.99 Å². The molecule has 1 aliphatic heterocycles. The molecular formula is C15H19ClN6O. The predicted octanol–water partition coefficient (Wildman–Crippen LogP) is 1.67. The summed E-state index contributed by atoms with van der Waals surface area (Å²) >= 11 is 5.93. The van der Waals surface area contributed by atoms with Crippen LogP contribution < -0.4 is 10.6 Å². The fourth-order valence-electron chi connectivity index (χ4n) is 2.50. The van der Waals surface area contributed by atoms with Gasteiger partial charge in [0.1, 0.15) is 6.54 Å². The number of piperazine rings is 1. The van der Waals surface area contributed by atoms with E-state index >= 15 is 0 Å². The van der Waals surface area contributed by atoms with Gasteiger partial charge >= 0.3 is 0 Å². The minimum absolute atomic E-state index is 0.334. The van der Waals surface area contributed by atoms with E-state index in [0.29, 0.717) is 24.2 Å². The monoisotopic (exact) mass is 334 g/mol. The number of aryl methyl sites for hydroxylation is 1. The molecule has 0 unspecified atom stereocenters. The van der Waals surface area contributed by atoms with Crippen molar-refractivity contribution in [3.05, 3.63) is 41.0 Å². The fourth-order valence-corrected chi connectivity index (χ4v) is 2.63. The summed E-state index contributed by atoms with van der Waals surface area (Å²) in [5.41, 5.74) is 7.23. The van der Waals surface area contributed by atoms with E-state index in [1.54, 1.807) is 6.92 Å². The van der Waals surface area contributed by atoms with E-state index in [1.807, 2.05) is 24.3 Å². The smallest absolute Gasteiger partial charge is 0.223 e. The van der Waals surface area contributed by atoms with Crippen LogP contribution in [0.2, 0.25) is 5.02 Å². The second-order valence-electron chi connectivity index (χ2n) is 5.35. The van der Waals surface area contributed by atoms with Crippen molar-refractivity contribution >= 4 is 23.2 Å². The van der Waals surface area contributed by atoms with Crippen LogP contribution in [0.4, 0.5) is 5.69 Å². The van der Waals surface area contributed by atoms with Gasteiger partial charge in [-0.2, -0.15) is 4.98 Å². The molecule has 3 rings (SSSR count). The normalized spacial score (nSPS) is 16.0. The molecule has 0 saturated carbocycles. The van der Waals surface area contributed by atoms with E-state index in [2.05, 4.69) is 24.9 Å². The van der Waals surface area contributed by atoms with E-state index in [0.717, 1.165) is 31.2 Å². The number of halogens is 1. The fraction of sp³-hybridized carbons (Fsp3) is 0.400. The number of rotatable bonds is 3. The van der Waals surface area contributed by atoms with Crippen LogP contribution in [-0.4, -0.2) is 47.2 Å². The number of nitrogens with two attached hydrogens (primary N) is 1. The zero-order chi connectivity index (χ0) is 16.2. The van der Waals surface area contributed by atoms with Gasteiger partial charge in [0.05, 0.1) is 0 Å². The van der Waals surface area contributed by atoms with Crippen molar-refractivity contribution in [3.63, 3.8) is 0 Å². The van der Waals surface area contributed by atoms with Crippen molar-refractivity contribution in [2.45, 2.75) is 13.5 Å². The topological polar surface area (TPSA) is 83.8 Å². The lowest BCUT2D eigenvalue weighted by Crippen LogP contribution is -2.51. The number of aliphatic imine (C=N–C) groups is 1. The van der Waals surface area contributed by atoms with Crippen molar-refractivity contribution in [2.24, 2.45) is 10.7 Å². The Labute approximate surface area is 139 Å². The van der Waals surface area contributed by atoms with E-state index < -0.39 is 0 Å². The minimum Gasteiger partial charge on any atom is -0.370 e. The first-order valence-corrected chi connectivity index (χ1v) is 7.84. The Kier molecular flexibility index (Phi) is 4.66. The summed E-state index contributed by atoms with van der Waals surface area (Å²) in [6, 6.07) is 7.89. The first-order chi connectivity index (χ1) is 11.1. The van der Waals surface area contributed by atoms with Crippen LogP contribution in [0, 0.1) is 6.92 Å². The van der Waals surface area contributed by atoms with Gasteiger partial charge in [-0.3, -0.25) is 0 Å². The zero-order valence-corrected chi connectivity index (χ0v) is 13.7. The molecule has 0 bridgehead atoms. The molecule has 1 aromatic carbocycles. The Hall–Kier alpha value is -2.28. The third-order valence-electron chi connectivity index (χ3n) is 3.75. The Balaban J connectivity index is 1.54. The number of nitrogens with zero attached hydrogens (tertiary/aromatic N) is 5. The van der Waals surface area contributed by atoms with Crippen molar-refractivity contribution in [3.8, 4) is 0 Å². The maximum absolute atomic E-state index is 6.06. The van der Waals surface area contributed by atoms with E-state index in [4.69, 9.17) is 21.9 Å². The van der Waals surface area contributed by atoms with Crippen LogP contribution in [0.15, 0.2) is 33.8 Å². The minimum atomic E-state index is 0.334. The molecule has 122 valence electrons. The molecule has 0 atom stereocenters. The van der Waals surface area contributed by atoms with Gasteiger partial charge in [0.2, 0.25) is 5.89 Å². The highest BCUT2D eigenvalue weighted by Crippen LogP contribution is 2.19. The van der Waals surface area contributed by atoms with Crippen LogP contribution in [0.3, 0.4) is 0 Å². The van der Waals surface area contributed by atoms with Gasteiger partial charge in [0.25, 0.3) is 0 Å². The van der Waals surface area contributed by atoms with Gasteiger partial charge in [-0.1, -0.05) is 16.8 Å². The number of benzene rings is 1. The Morgan fingerprint density at radius 3 is 2.57 bits per heavy atom. The SMILES string of the molecule is Cc1nc(CN=C(N)N2CCN(c3ccc(Cl)cc3)CC2)no1. The summed E-state index contributed by atoms with van der Waals surface area (Å²) < 4.78 is 4.91. The molecule has 0 radical (unpaired) electrons. The van der Waals surface area contributed by atoms with Gasteiger partial charge in [-0.15, -0.1) is 0 Å². The predicted molar refractivity (Wildman–Crippen MR) is 89.6 cm³/mol. The van der Waals surface area contributed by atoms with Crippen molar-refractivity contribution in [1.29, 1.82) is 0 Å². The van der Waals surface area contributed by atoms with Crippen molar-refractivity contribution in [2.75, 3.05) is 31.1 Å². The van der Waals surface area contributed by atoms with Gasteiger partial charge in [0.15, 0.2) is 11.8 Å². The molecule has 1 aromatic heterocycles. The molecule has 2 aromatic rings. The average Bonchev–Trinajstić information content (AvgIpc) is 2.99. The van der Waals surface area contributed by atoms with Gasteiger partial charge in [-0.05, 0) is 24.3 Å². The lowest BCUT2D eigenvalue weighted by Gasteiger charge is -2.36.